The van der Waals surface area contributed by atoms with Crippen molar-refractivity contribution in [1.29, 1.82) is 5.26 Å². The fraction of sp³-hybridized carbons (Fsp3) is 0.273. The lowest BCUT2D eigenvalue weighted by atomic mass is 10.2. The number of ether oxygens (including phenoxy) is 1. The fourth-order valence-corrected chi connectivity index (χ4v) is 0.994. The number of nitrogens with zero attached hydrogens (tertiary/aromatic N) is 1. The second-order valence-corrected chi connectivity index (χ2v) is 2.98. The van der Waals surface area contributed by atoms with Gasteiger partial charge in [0.1, 0.15) is 12.7 Å². The molecule has 0 spiro atoms. The van der Waals surface area contributed by atoms with Gasteiger partial charge in [-0.1, -0.05) is 18.2 Å². The SMILES string of the molecule is N#CC[C@H](O)COC(=O)c1ccccc1. The normalized spacial score (nSPS) is 11.5. The van der Waals surface area contributed by atoms with Crippen LogP contribution in [0.15, 0.2) is 30.3 Å². The van der Waals surface area contributed by atoms with E-state index in [2.05, 4.69) is 0 Å². The molecule has 0 aliphatic carbocycles. The second-order valence-electron chi connectivity index (χ2n) is 2.98. The Kier molecular flexibility index (Phi) is 4.32. The van der Waals surface area contributed by atoms with E-state index in [1.54, 1.807) is 36.4 Å². The third kappa shape index (κ3) is 3.79. The summed E-state index contributed by atoms with van der Waals surface area (Å²) in [5.41, 5.74) is 0.432. The number of hydrogen-bond acceptors (Lipinski definition) is 4. The van der Waals surface area contributed by atoms with E-state index in [-0.39, 0.29) is 13.0 Å². The van der Waals surface area contributed by atoms with Gasteiger partial charge in [-0.25, -0.2) is 4.79 Å². The molecular weight excluding hydrogens is 194 g/mol. The maximum absolute atomic E-state index is 11.3. The Labute approximate surface area is 87.7 Å². The largest absolute Gasteiger partial charge is 0.459 e. The molecule has 1 aromatic rings. The van der Waals surface area contributed by atoms with Crippen molar-refractivity contribution in [2.45, 2.75) is 12.5 Å². The molecule has 0 radical (unpaired) electrons. The van der Waals surface area contributed by atoms with E-state index in [0.717, 1.165) is 0 Å². The van der Waals surface area contributed by atoms with Crippen molar-refractivity contribution in [2.75, 3.05) is 6.61 Å². The Morgan fingerprint density at radius 3 is 2.73 bits per heavy atom. The lowest BCUT2D eigenvalue weighted by Gasteiger charge is -2.07. The summed E-state index contributed by atoms with van der Waals surface area (Å²) in [6.45, 7) is -0.152. The summed E-state index contributed by atoms with van der Waals surface area (Å²) in [6.07, 6.45) is -0.954. The van der Waals surface area contributed by atoms with E-state index >= 15 is 0 Å². The topological polar surface area (TPSA) is 70.3 Å². The van der Waals surface area contributed by atoms with Gasteiger partial charge in [-0.3, -0.25) is 0 Å². The van der Waals surface area contributed by atoms with Gasteiger partial charge in [0, 0.05) is 0 Å². The van der Waals surface area contributed by atoms with Crippen LogP contribution in [0.3, 0.4) is 0 Å². The van der Waals surface area contributed by atoms with E-state index < -0.39 is 12.1 Å². The minimum atomic E-state index is -0.914. The highest BCUT2D eigenvalue weighted by Gasteiger charge is 2.09. The van der Waals surface area contributed by atoms with Crippen molar-refractivity contribution in [3.05, 3.63) is 35.9 Å². The zero-order valence-corrected chi connectivity index (χ0v) is 8.09. The van der Waals surface area contributed by atoms with Gasteiger partial charge in [0.15, 0.2) is 0 Å². The van der Waals surface area contributed by atoms with Gasteiger partial charge in [-0.15, -0.1) is 0 Å². The molecular formula is C11H11NO3. The molecule has 1 atom stereocenters. The van der Waals surface area contributed by atoms with E-state index in [0.29, 0.717) is 5.56 Å². The van der Waals surface area contributed by atoms with E-state index in [4.69, 9.17) is 15.1 Å². The third-order valence-electron chi connectivity index (χ3n) is 1.74. The zero-order valence-electron chi connectivity index (χ0n) is 8.09. The fourth-order valence-electron chi connectivity index (χ4n) is 0.994. The number of aliphatic hydroxyl groups excluding tert-OH is 1. The minimum Gasteiger partial charge on any atom is -0.459 e. The Hall–Kier alpha value is -1.86. The second kappa shape index (κ2) is 5.78. The van der Waals surface area contributed by atoms with Gasteiger partial charge in [0.25, 0.3) is 0 Å². The average Bonchev–Trinajstić information content (AvgIpc) is 2.27. The molecule has 0 aromatic heterocycles. The van der Waals surface area contributed by atoms with Gasteiger partial charge in [0.2, 0.25) is 0 Å². The molecule has 1 N–H and O–H groups in total. The predicted octanol–water partition coefficient (Wildman–Crippen LogP) is 1.12. The first-order valence-corrected chi connectivity index (χ1v) is 4.51. The number of nitriles is 1. The molecule has 0 heterocycles. The smallest absolute Gasteiger partial charge is 0.338 e. The van der Waals surface area contributed by atoms with Gasteiger partial charge < -0.3 is 9.84 Å². The van der Waals surface area contributed by atoms with Crippen LogP contribution in [0.25, 0.3) is 0 Å². The molecule has 0 saturated carbocycles. The quantitative estimate of drug-likeness (QED) is 0.747. The highest BCUT2D eigenvalue weighted by molar-refractivity contribution is 5.89. The molecule has 0 bridgehead atoms. The van der Waals surface area contributed by atoms with Crippen LogP contribution in [0.5, 0.6) is 0 Å². The Morgan fingerprint density at radius 1 is 1.47 bits per heavy atom. The summed E-state index contributed by atoms with van der Waals surface area (Å²) in [5, 5.41) is 17.4. The molecule has 0 saturated heterocycles. The predicted molar refractivity (Wildman–Crippen MR) is 53.0 cm³/mol. The number of benzene rings is 1. The lowest BCUT2D eigenvalue weighted by Crippen LogP contribution is -2.18. The maximum Gasteiger partial charge on any atom is 0.338 e. The van der Waals surface area contributed by atoms with Gasteiger partial charge in [0.05, 0.1) is 18.1 Å². The molecule has 15 heavy (non-hydrogen) atoms. The average molecular weight is 205 g/mol. The monoisotopic (exact) mass is 205 g/mol. The summed E-state index contributed by atoms with van der Waals surface area (Å²) in [4.78, 5) is 11.3. The van der Waals surface area contributed by atoms with Crippen LogP contribution in [0.2, 0.25) is 0 Å². The summed E-state index contributed by atoms with van der Waals surface area (Å²) in [6, 6.07) is 10.3. The van der Waals surface area contributed by atoms with Gasteiger partial charge >= 0.3 is 5.97 Å². The molecule has 1 rings (SSSR count). The highest BCUT2D eigenvalue weighted by Crippen LogP contribution is 2.02. The molecule has 0 fully saturated rings. The number of carbonyl (C=O) groups is 1. The maximum atomic E-state index is 11.3. The summed E-state index contributed by atoms with van der Waals surface area (Å²) in [7, 11) is 0. The van der Waals surface area contributed by atoms with Crippen molar-refractivity contribution >= 4 is 5.97 Å². The molecule has 0 aliphatic heterocycles. The summed E-state index contributed by atoms with van der Waals surface area (Å²) >= 11 is 0. The summed E-state index contributed by atoms with van der Waals surface area (Å²) < 4.78 is 4.80. The van der Waals surface area contributed by atoms with Crippen LogP contribution >= 0.6 is 0 Å². The van der Waals surface area contributed by atoms with Crippen molar-refractivity contribution in [2.24, 2.45) is 0 Å². The molecule has 78 valence electrons. The van der Waals surface area contributed by atoms with Crippen LogP contribution in [0.1, 0.15) is 16.8 Å². The van der Waals surface area contributed by atoms with E-state index in [1.807, 2.05) is 0 Å². The lowest BCUT2D eigenvalue weighted by molar-refractivity contribution is 0.0268. The number of esters is 1. The van der Waals surface area contributed by atoms with Gasteiger partial charge in [-0.2, -0.15) is 5.26 Å². The van der Waals surface area contributed by atoms with Crippen molar-refractivity contribution < 1.29 is 14.6 Å². The Balaban J connectivity index is 2.41. The number of aliphatic hydroxyl groups is 1. The zero-order chi connectivity index (χ0) is 11.1. The standard InChI is InChI=1S/C11H11NO3/c12-7-6-10(13)8-15-11(14)9-4-2-1-3-5-9/h1-5,10,13H,6,8H2/t10-/m0/s1. The first-order valence-electron chi connectivity index (χ1n) is 4.51. The third-order valence-corrected chi connectivity index (χ3v) is 1.74. The minimum absolute atomic E-state index is 0.0396. The van der Waals surface area contributed by atoms with Gasteiger partial charge in [-0.05, 0) is 12.1 Å². The molecule has 0 aliphatic rings. The molecule has 4 heteroatoms. The highest BCUT2D eigenvalue weighted by atomic mass is 16.5. The Morgan fingerprint density at radius 2 is 2.13 bits per heavy atom. The van der Waals surface area contributed by atoms with Crippen LogP contribution in [-0.2, 0) is 4.74 Å². The van der Waals surface area contributed by atoms with Crippen molar-refractivity contribution in [3.8, 4) is 6.07 Å². The number of carbonyl (C=O) groups excluding carboxylic acids is 1. The molecule has 1 aromatic carbocycles. The van der Waals surface area contributed by atoms with E-state index in [9.17, 15) is 4.79 Å². The van der Waals surface area contributed by atoms with E-state index in [1.165, 1.54) is 0 Å². The van der Waals surface area contributed by atoms with Crippen LogP contribution in [0.4, 0.5) is 0 Å². The number of rotatable bonds is 4. The molecule has 4 nitrogen and oxygen atoms in total. The Bertz CT molecular complexity index is 356. The van der Waals surface area contributed by atoms with Crippen molar-refractivity contribution in [3.63, 3.8) is 0 Å². The van der Waals surface area contributed by atoms with Crippen LogP contribution < -0.4 is 0 Å². The molecule has 0 amide bonds. The van der Waals surface area contributed by atoms with Crippen LogP contribution in [-0.4, -0.2) is 23.8 Å². The first-order chi connectivity index (χ1) is 7.24. The summed E-state index contributed by atoms with van der Waals surface area (Å²) in [5.74, 6) is -0.493. The van der Waals surface area contributed by atoms with Crippen LogP contribution in [0, 0.1) is 11.3 Å². The number of hydrogen-bond donors (Lipinski definition) is 1. The first kappa shape index (κ1) is 11.2. The molecule has 0 unspecified atom stereocenters. The van der Waals surface area contributed by atoms with Crippen molar-refractivity contribution in [1.82, 2.24) is 0 Å².